The Bertz CT molecular complexity index is 906. The molecule has 3 rings (SSSR count). The van der Waals surface area contributed by atoms with Gasteiger partial charge in [-0.25, -0.2) is 4.98 Å². The van der Waals surface area contributed by atoms with E-state index in [-0.39, 0.29) is 11.8 Å². The van der Waals surface area contributed by atoms with Gasteiger partial charge in [0.05, 0.1) is 7.11 Å². The van der Waals surface area contributed by atoms with Gasteiger partial charge in [0.15, 0.2) is 4.47 Å². The number of nitrogens with zero attached hydrogens (tertiary/aromatic N) is 3. The van der Waals surface area contributed by atoms with Gasteiger partial charge >= 0.3 is 0 Å². The van der Waals surface area contributed by atoms with Crippen LogP contribution in [-0.2, 0) is 6.42 Å². The first-order valence-electron chi connectivity index (χ1n) is 7.89. The highest BCUT2D eigenvalue weighted by Gasteiger charge is 2.21. The van der Waals surface area contributed by atoms with Crippen molar-refractivity contribution in [2.24, 2.45) is 0 Å². The molecule has 1 N–H and O–H groups in total. The molecule has 0 fully saturated rings. The molecule has 0 radical (unpaired) electrons. The number of nitrogens with one attached hydrogen (secondary N) is 1. The lowest BCUT2D eigenvalue weighted by molar-refractivity contribution is 0.102. The van der Waals surface area contributed by atoms with Crippen molar-refractivity contribution in [1.29, 1.82) is 0 Å². The molecule has 0 aliphatic rings. The third-order valence-corrected chi connectivity index (χ3v) is 5.87. The lowest BCUT2D eigenvalue weighted by Crippen LogP contribution is -2.14. The van der Waals surface area contributed by atoms with E-state index < -0.39 is 0 Å². The second kappa shape index (κ2) is 8.11. The van der Waals surface area contributed by atoms with Crippen molar-refractivity contribution in [2.45, 2.75) is 26.2 Å². The lowest BCUT2D eigenvalue weighted by Gasteiger charge is -2.04. The number of carbonyl (C=O) groups is 1. The lowest BCUT2D eigenvalue weighted by atomic mass is 10.1. The van der Waals surface area contributed by atoms with Crippen molar-refractivity contribution in [2.75, 3.05) is 12.4 Å². The number of amides is 1. The molecule has 26 heavy (non-hydrogen) atoms. The minimum Gasteiger partial charge on any atom is -0.497 e. The molecule has 0 atom stereocenters. The Balaban J connectivity index is 1.69. The molecule has 0 aliphatic carbocycles. The Morgan fingerprint density at radius 2 is 1.96 bits per heavy atom. The number of anilines is 1. The van der Waals surface area contributed by atoms with E-state index in [2.05, 4.69) is 20.5 Å². The van der Waals surface area contributed by atoms with Gasteiger partial charge in [0.25, 0.3) is 5.91 Å². The largest absolute Gasteiger partial charge is 0.497 e. The molecule has 136 valence electrons. The summed E-state index contributed by atoms with van der Waals surface area (Å²) in [7, 11) is 1.63. The summed E-state index contributed by atoms with van der Waals surface area (Å²) in [5.41, 5.74) is 1.44. The van der Waals surface area contributed by atoms with Crippen molar-refractivity contribution in [3.8, 4) is 5.75 Å². The summed E-state index contributed by atoms with van der Waals surface area (Å²) in [5, 5.41) is 12.2. The van der Waals surface area contributed by atoms with Gasteiger partial charge < -0.3 is 4.74 Å². The van der Waals surface area contributed by atoms with Crippen LogP contribution in [-0.4, -0.2) is 28.2 Å². The molecule has 9 heteroatoms. The fraction of sp³-hybridized carbons (Fsp3) is 0.294. The highest BCUT2D eigenvalue weighted by atomic mass is 35.5. The molecule has 0 saturated carbocycles. The fourth-order valence-electron chi connectivity index (χ4n) is 2.31. The maximum atomic E-state index is 12.5. The van der Waals surface area contributed by atoms with Gasteiger partial charge in [-0.3, -0.25) is 10.1 Å². The standard InChI is InChI=1S/C17H17ClN4O2S2/c1-9(2)14-13(19-16(18)26-14)15(23)20-17-22-21-12(25-17)8-10-4-6-11(24-3)7-5-10/h4-7,9H,8H2,1-3H3,(H,20,22,23). The van der Waals surface area contributed by atoms with E-state index in [4.69, 9.17) is 16.3 Å². The molecule has 1 aromatic carbocycles. The zero-order valence-corrected chi connectivity index (χ0v) is 16.8. The Kier molecular flexibility index (Phi) is 5.85. The van der Waals surface area contributed by atoms with Crippen molar-refractivity contribution >= 4 is 45.3 Å². The third-order valence-electron chi connectivity index (χ3n) is 3.57. The van der Waals surface area contributed by atoms with Crippen LogP contribution in [0.15, 0.2) is 24.3 Å². The SMILES string of the molecule is COc1ccc(Cc2nnc(NC(=O)c3nc(Cl)sc3C(C)C)s2)cc1. The van der Waals surface area contributed by atoms with E-state index in [0.717, 1.165) is 21.2 Å². The molecule has 6 nitrogen and oxygen atoms in total. The van der Waals surface area contributed by atoms with Gasteiger partial charge in [-0.15, -0.1) is 21.5 Å². The zero-order valence-electron chi connectivity index (χ0n) is 14.4. The Morgan fingerprint density at radius 3 is 2.62 bits per heavy atom. The second-order valence-corrected chi connectivity index (χ2v) is 8.49. The number of thiazole rings is 1. The van der Waals surface area contributed by atoms with Gasteiger partial charge in [0.1, 0.15) is 16.5 Å². The number of methoxy groups -OCH3 is 1. The Labute approximate surface area is 164 Å². The highest BCUT2D eigenvalue weighted by Crippen LogP contribution is 2.30. The fourth-order valence-corrected chi connectivity index (χ4v) is 4.20. The summed E-state index contributed by atoms with van der Waals surface area (Å²) >= 11 is 8.63. The number of aromatic nitrogens is 3. The zero-order chi connectivity index (χ0) is 18.7. The van der Waals surface area contributed by atoms with Crippen LogP contribution in [0, 0.1) is 0 Å². The average molecular weight is 409 g/mol. The first-order valence-corrected chi connectivity index (χ1v) is 9.90. The molecule has 0 spiro atoms. The smallest absolute Gasteiger partial charge is 0.277 e. The predicted molar refractivity (Wildman–Crippen MR) is 105 cm³/mol. The van der Waals surface area contributed by atoms with E-state index in [1.54, 1.807) is 7.11 Å². The number of halogens is 1. The van der Waals surface area contributed by atoms with Gasteiger partial charge in [0, 0.05) is 11.3 Å². The minimum atomic E-state index is -0.316. The number of rotatable bonds is 6. The molecule has 0 saturated heterocycles. The van der Waals surface area contributed by atoms with Crippen LogP contribution in [0.4, 0.5) is 5.13 Å². The van der Waals surface area contributed by atoms with Gasteiger partial charge in [-0.1, -0.05) is 48.9 Å². The van der Waals surface area contributed by atoms with Crippen molar-refractivity contribution in [3.63, 3.8) is 0 Å². The molecule has 0 aliphatic heterocycles. The summed E-state index contributed by atoms with van der Waals surface area (Å²) in [4.78, 5) is 17.5. The molecular weight excluding hydrogens is 392 g/mol. The average Bonchev–Trinajstić information content (AvgIpc) is 3.22. The quantitative estimate of drug-likeness (QED) is 0.643. The summed E-state index contributed by atoms with van der Waals surface area (Å²) < 4.78 is 5.51. The molecule has 3 aromatic rings. The van der Waals surface area contributed by atoms with E-state index in [1.807, 2.05) is 38.1 Å². The van der Waals surface area contributed by atoms with E-state index >= 15 is 0 Å². The monoisotopic (exact) mass is 408 g/mol. The van der Waals surface area contributed by atoms with Crippen LogP contribution in [0.5, 0.6) is 5.75 Å². The van der Waals surface area contributed by atoms with Gasteiger partial charge in [0.2, 0.25) is 5.13 Å². The van der Waals surface area contributed by atoms with Crippen molar-refractivity contribution < 1.29 is 9.53 Å². The molecule has 2 heterocycles. The van der Waals surface area contributed by atoms with Crippen molar-refractivity contribution in [3.05, 3.63) is 49.9 Å². The molecule has 1 amide bonds. The first kappa shape index (κ1) is 18.8. The maximum absolute atomic E-state index is 12.5. The van der Waals surface area contributed by atoms with Crippen LogP contribution in [0.3, 0.4) is 0 Å². The summed E-state index contributed by atoms with van der Waals surface area (Å²) in [5.74, 6) is 0.659. The number of ether oxygens (including phenoxy) is 1. The minimum absolute atomic E-state index is 0.167. The normalized spacial score (nSPS) is 11.0. The van der Waals surface area contributed by atoms with E-state index in [0.29, 0.717) is 21.7 Å². The molecular formula is C17H17ClN4O2S2. The van der Waals surface area contributed by atoms with Crippen LogP contribution in [0.2, 0.25) is 4.47 Å². The first-order chi connectivity index (χ1) is 12.5. The summed E-state index contributed by atoms with van der Waals surface area (Å²) in [6.07, 6.45) is 0.636. The maximum Gasteiger partial charge on any atom is 0.277 e. The highest BCUT2D eigenvalue weighted by molar-refractivity contribution is 7.16. The third kappa shape index (κ3) is 4.38. The van der Waals surface area contributed by atoms with Crippen LogP contribution >= 0.6 is 34.3 Å². The van der Waals surface area contributed by atoms with Crippen LogP contribution < -0.4 is 10.1 Å². The number of carbonyl (C=O) groups excluding carboxylic acids is 1. The van der Waals surface area contributed by atoms with Crippen LogP contribution in [0.25, 0.3) is 0 Å². The van der Waals surface area contributed by atoms with E-state index in [9.17, 15) is 4.79 Å². The molecule has 2 aromatic heterocycles. The Morgan fingerprint density at radius 1 is 1.23 bits per heavy atom. The number of benzene rings is 1. The second-order valence-electron chi connectivity index (χ2n) is 5.81. The number of hydrogen-bond donors (Lipinski definition) is 1. The summed E-state index contributed by atoms with van der Waals surface area (Å²) in [6, 6.07) is 7.76. The summed E-state index contributed by atoms with van der Waals surface area (Å²) in [6.45, 7) is 4.00. The van der Waals surface area contributed by atoms with Crippen molar-refractivity contribution in [1.82, 2.24) is 15.2 Å². The van der Waals surface area contributed by atoms with Gasteiger partial charge in [-0.2, -0.15) is 0 Å². The molecule has 0 bridgehead atoms. The van der Waals surface area contributed by atoms with E-state index in [1.165, 1.54) is 22.7 Å². The topological polar surface area (TPSA) is 77.0 Å². The predicted octanol–water partition coefficient (Wildman–Crippen LogP) is 4.62. The van der Waals surface area contributed by atoms with Gasteiger partial charge in [-0.05, 0) is 23.6 Å². The van der Waals surface area contributed by atoms with Crippen LogP contribution in [0.1, 0.15) is 45.7 Å². The molecule has 0 unspecified atom stereocenters. The number of hydrogen-bond acceptors (Lipinski definition) is 7. The Hall–Kier alpha value is -2.03.